The highest BCUT2D eigenvalue weighted by atomic mass is 32.2. The summed E-state index contributed by atoms with van der Waals surface area (Å²) < 4.78 is 61.6. The third-order valence-corrected chi connectivity index (χ3v) is 9.27. The molecule has 1 fully saturated rings. The van der Waals surface area contributed by atoms with Gasteiger partial charge in [0.1, 0.15) is 22.4 Å². The van der Waals surface area contributed by atoms with Crippen molar-refractivity contribution < 1.29 is 36.3 Å². The maximum absolute atomic E-state index is 12.8. The number of nitrogens with two attached hydrogens (primary N) is 1. The SMILES string of the molecule is Nc1ncnc2cc(CN3CC[C@H](NS(=O)(=O)c4cc5ncccc5s4)C3=O)sc12.O=C(O)C(F)(F)F. The number of anilines is 1. The maximum atomic E-state index is 12.8. The topological polar surface area (TPSA) is 168 Å². The number of sulfonamides is 1. The van der Waals surface area contributed by atoms with Crippen LogP contribution < -0.4 is 10.5 Å². The molecule has 4 aromatic rings. The molecule has 1 atom stereocenters. The van der Waals surface area contributed by atoms with Gasteiger partial charge in [-0.25, -0.2) is 23.2 Å². The summed E-state index contributed by atoms with van der Waals surface area (Å²) in [5.74, 6) is -2.59. The van der Waals surface area contributed by atoms with Crippen molar-refractivity contribution in [2.75, 3.05) is 12.3 Å². The van der Waals surface area contributed by atoms with E-state index in [0.717, 1.165) is 31.1 Å². The van der Waals surface area contributed by atoms with E-state index in [1.165, 1.54) is 23.7 Å². The summed E-state index contributed by atoms with van der Waals surface area (Å²) in [6.07, 6.45) is -1.65. The first-order chi connectivity index (χ1) is 17.3. The van der Waals surface area contributed by atoms with Gasteiger partial charge in [-0.2, -0.15) is 17.9 Å². The van der Waals surface area contributed by atoms with E-state index in [1.54, 1.807) is 17.2 Å². The summed E-state index contributed by atoms with van der Waals surface area (Å²) in [6, 6.07) is 6.20. The molecule has 1 aliphatic rings. The molecule has 0 radical (unpaired) electrons. The highest BCUT2D eigenvalue weighted by molar-refractivity contribution is 7.91. The van der Waals surface area contributed by atoms with E-state index in [0.29, 0.717) is 30.8 Å². The first kappa shape index (κ1) is 26.6. The smallest absolute Gasteiger partial charge is 0.475 e. The second-order valence-electron chi connectivity index (χ2n) is 7.66. The number of carboxylic acids is 1. The number of fused-ring (bicyclic) bond motifs is 2. The number of carbonyl (C=O) groups is 2. The summed E-state index contributed by atoms with van der Waals surface area (Å²) >= 11 is 2.57. The number of carboxylic acid groups (broad SMARTS) is 1. The molecule has 0 spiro atoms. The van der Waals surface area contributed by atoms with Crippen molar-refractivity contribution in [3.63, 3.8) is 0 Å². The Hall–Kier alpha value is -3.41. The molecule has 17 heteroatoms. The van der Waals surface area contributed by atoms with Crippen LogP contribution in [0, 0.1) is 0 Å². The van der Waals surface area contributed by atoms with Crippen molar-refractivity contribution >= 4 is 70.8 Å². The summed E-state index contributed by atoms with van der Waals surface area (Å²) in [5, 5.41) is 7.12. The largest absolute Gasteiger partial charge is 0.490 e. The van der Waals surface area contributed by atoms with Crippen LogP contribution >= 0.6 is 22.7 Å². The van der Waals surface area contributed by atoms with Crippen LogP contribution in [0.3, 0.4) is 0 Å². The minimum Gasteiger partial charge on any atom is -0.475 e. The lowest BCUT2D eigenvalue weighted by molar-refractivity contribution is -0.192. The van der Waals surface area contributed by atoms with Crippen molar-refractivity contribution in [2.45, 2.75) is 29.4 Å². The van der Waals surface area contributed by atoms with Crippen molar-refractivity contribution in [3.05, 3.63) is 41.7 Å². The minimum atomic E-state index is -5.08. The Kier molecular flexibility index (Phi) is 7.31. The lowest BCUT2D eigenvalue weighted by Crippen LogP contribution is -2.40. The molecule has 11 nitrogen and oxygen atoms in total. The minimum absolute atomic E-state index is 0.154. The van der Waals surface area contributed by atoms with Gasteiger partial charge < -0.3 is 15.7 Å². The van der Waals surface area contributed by atoms with E-state index in [4.69, 9.17) is 15.6 Å². The van der Waals surface area contributed by atoms with Gasteiger partial charge in [-0.05, 0) is 30.7 Å². The standard InChI is InChI=1S/C18H16N6O3S3.C2HF3O2/c19-17-16-13(21-9-22-17)6-10(28-16)8-24-5-3-11(18(24)25)23-30(26,27)15-7-12-14(29-15)2-1-4-20-12;3-2(4,5)1(6)7/h1-2,4,6-7,9,11,23H,3,5,8H2,(H2,19,21,22);(H,6,7)/t11-;/m0./s1. The van der Waals surface area contributed by atoms with Gasteiger partial charge in [0.05, 0.1) is 27.0 Å². The van der Waals surface area contributed by atoms with Crippen LogP contribution in [0.2, 0.25) is 0 Å². The van der Waals surface area contributed by atoms with Gasteiger partial charge in [0.25, 0.3) is 10.0 Å². The van der Waals surface area contributed by atoms with Crippen LogP contribution in [0.4, 0.5) is 19.0 Å². The Labute approximate surface area is 214 Å². The highest BCUT2D eigenvalue weighted by Gasteiger charge is 2.38. The fourth-order valence-corrected chi connectivity index (χ4v) is 7.02. The number of thiophene rings is 2. The molecular weight excluding hydrogens is 557 g/mol. The van der Waals surface area contributed by atoms with Crippen LogP contribution in [0.25, 0.3) is 20.4 Å². The number of nitrogens with one attached hydrogen (secondary N) is 1. The molecule has 1 aliphatic heterocycles. The zero-order valence-electron chi connectivity index (χ0n) is 18.5. The number of alkyl halides is 3. The Balaban J connectivity index is 0.000000405. The number of aliphatic carboxylic acids is 1. The third-order valence-electron chi connectivity index (χ3n) is 5.10. The number of likely N-dealkylation sites (tertiary alicyclic amines) is 1. The van der Waals surface area contributed by atoms with Crippen LogP contribution in [-0.4, -0.2) is 64.0 Å². The predicted molar refractivity (Wildman–Crippen MR) is 129 cm³/mol. The van der Waals surface area contributed by atoms with Gasteiger partial charge in [-0.15, -0.1) is 22.7 Å². The second-order valence-corrected chi connectivity index (χ2v) is 11.8. The Morgan fingerprint density at radius 2 is 1.95 bits per heavy atom. The van der Waals surface area contributed by atoms with E-state index >= 15 is 0 Å². The lowest BCUT2D eigenvalue weighted by atomic mass is 10.3. The van der Waals surface area contributed by atoms with E-state index in [-0.39, 0.29) is 10.1 Å². The molecule has 37 heavy (non-hydrogen) atoms. The molecule has 0 aliphatic carbocycles. The average Bonchev–Trinajstić information content (AvgIpc) is 3.53. The number of halogens is 3. The first-order valence-corrected chi connectivity index (χ1v) is 13.4. The van der Waals surface area contributed by atoms with Gasteiger partial charge in [-0.1, -0.05) is 0 Å². The molecule has 0 bridgehead atoms. The molecule has 5 heterocycles. The van der Waals surface area contributed by atoms with Gasteiger partial charge in [-0.3, -0.25) is 9.78 Å². The van der Waals surface area contributed by atoms with Crippen molar-refractivity contribution in [3.8, 4) is 0 Å². The monoisotopic (exact) mass is 574 g/mol. The Bertz CT molecular complexity index is 1550. The second kappa shape index (κ2) is 10.2. The van der Waals surface area contributed by atoms with Crippen molar-refractivity contribution in [1.29, 1.82) is 0 Å². The van der Waals surface area contributed by atoms with Crippen LogP contribution in [-0.2, 0) is 26.2 Å². The lowest BCUT2D eigenvalue weighted by Gasteiger charge is -2.16. The first-order valence-electron chi connectivity index (χ1n) is 10.3. The van der Waals surface area contributed by atoms with Gasteiger partial charge in [0.15, 0.2) is 0 Å². The normalized spacial score (nSPS) is 16.2. The average molecular weight is 575 g/mol. The summed E-state index contributed by atoms with van der Waals surface area (Å²) in [7, 11) is -3.81. The fourth-order valence-electron chi connectivity index (χ4n) is 3.42. The molecule has 4 N–H and O–H groups in total. The predicted octanol–water partition coefficient (Wildman–Crippen LogP) is 2.60. The van der Waals surface area contributed by atoms with Gasteiger partial charge in [0, 0.05) is 17.6 Å². The molecular formula is C20H17F3N6O5S3. The summed E-state index contributed by atoms with van der Waals surface area (Å²) in [4.78, 5) is 36.6. The van der Waals surface area contributed by atoms with E-state index < -0.39 is 28.2 Å². The van der Waals surface area contributed by atoms with Crippen molar-refractivity contribution in [1.82, 2.24) is 24.6 Å². The zero-order chi connectivity index (χ0) is 27.0. The number of hydrogen-bond acceptors (Lipinski definition) is 10. The molecule has 0 saturated carbocycles. The molecule has 0 aromatic carbocycles. The van der Waals surface area contributed by atoms with Gasteiger partial charge >= 0.3 is 12.1 Å². The number of aromatic nitrogens is 3. The molecule has 1 saturated heterocycles. The Morgan fingerprint density at radius 1 is 1.22 bits per heavy atom. The van der Waals surface area contributed by atoms with E-state index in [2.05, 4.69) is 19.7 Å². The number of carbonyl (C=O) groups excluding carboxylic acids is 1. The molecule has 4 aromatic heterocycles. The number of nitrogen functional groups attached to an aromatic ring is 1. The maximum Gasteiger partial charge on any atom is 0.490 e. The summed E-state index contributed by atoms with van der Waals surface area (Å²) in [5.41, 5.74) is 7.24. The van der Waals surface area contributed by atoms with E-state index in [9.17, 15) is 26.4 Å². The number of hydrogen-bond donors (Lipinski definition) is 3. The zero-order valence-corrected chi connectivity index (χ0v) is 20.9. The van der Waals surface area contributed by atoms with Crippen molar-refractivity contribution in [2.24, 2.45) is 0 Å². The third kappa shape index (κ3) is 5.95. The van der Waals surface area contributed by atoms with Crippen LogP contribution in [0.1, 0.15) is 11.3 Å². The Morgan fingerprint density at radius 3 is 2.59 bits per heavy atom. The van der Waals surface area contributed by atoms with Crippen LogP contribution in [0.5, 0.6) is 0 Å². The number of nitrogens with zero attached hydrogens (tertiary/aromatic N) is 4. The van der Waals surface area contributed by atoms with Crippen LogP contribution in [0.15, 0.2) is 41.0 Å². The molecule has 1 amide bonds. The number of rotatable bonds is 5. The van der Waals surface area contributed by atoms with Gasteiger partial charge in [0.2, 0.25) is 5.91 Å². The highest BCUT2D eigenvalue weighted by Crippen LogP contribution is 2.30. The molecule has 196 valence electrons. The summed E-state index contributed by atoms with van der Waals surface area (Å²) in [6.45, 7) is 0.847. The van der Waals surface area contributed by atoms with E-state index in [1.807, 2.05) is 12.1 Å². The molecule has 0 unspecified atom stereocenters. The number of pyridine rings is 1. The molecule has 5 rings (SSSR count). The quantitative estimate of drug-likeness (QED) is 0.324. The number of amides is 1. The fraction of sp³-hybridized carbons (Fsp3) is 0.250.